The number of nitrogens with one attached hydrogen (secondary N) is 4. The summed E-state index contributed by atoms with van der Waals surface area (Å²) in [5.74, 6) is -0.909. The fourth-order valence-electron chi connectivity index (χ4n) is 5.77. The average Bonchev–Trinajstić information content (AvgIpc) is 3.49. The van der Waals surface area contributed by atoms with E-state index in [4.69, 9.17) is 0 Å². The third kappa shape index (κ3) is 9.21. The highest BCUT2D eigenvalue weighted by molar-refractivity contribution is 5.87. The van der Waals surface area contributed by atoms with Gasteiger partial charge in [0.15, 0.2) is 5.65 Å². The first kappa shape index (κ1) is 31.8. The molecule has 0 bridgehead atoms. The monoisotopic (exact) mass is 617 g/mol. The van der Waals surface area contributed by atoms with Crippen LogP contribution >= 0.6 is 0 Å². The summed E-state index contributed by atoms with van der Waals surface area (Å²) < 4.78 is 40.2. The fraction of sp³-hybridized carbons (Fsp3) is 0.655. The van der Waals surface area contributed by atoms with Crippen LogP contribution in [0.25, 0.3) is 11.0 Å². The van der Waals surface area contributed by atoms with E-state index < -0.39 is 12.1 Å². The molecule has 1 saturated carbocycles. The zero-order valence-electron chi connectivity index (χ0n) is 25.0. The Balaban J connectivity index is 1.05. The van der Waals surface area contributed by atoms with E-state index in [9.17, 15) is 18.0 Å². The maximum atomic E-state index is 12.8. The number of hydrogen-bond donors (Lipinski definition) is 4. The minimum Gasteiger partial charge on any atom is -0.366 e. The molecule has 0 atom stereocenters. The molecule has 0 aromatic carbocycles. The molecule has 1 aliphatic heterocycles. The number of nitrogens with zero attached hydrogens (tertiary/aromatic N) is 7. The summed E-state index contributed by atoms with van der Waals surface area (Å²) in [5, 5.41) is 22.9. The lowest BCUT2D eigenvalue weighted by Crippen LogP contribution is -2.47. The van der Waals surface area contributed by atoms with Crippen LogP contribution in [-0.4, -0.2) is 91.7 Å². The largest absolute Gasteiger partial charge is 0.471 e. The number of likely N-dealkylation sites (tertiary alicyclic amines) is 1. The lowest BCUT2D eigenvalue weighted by molar-refractivity contribution is -0.186. The van der Waals surface area contributed by atoms with E-state index in [1.165, 1.54) is 32.1 Å². The third-order valence-corrected chi connectivity index (χ3v) is 8.16. The van der Waals surface area contributed by atoms with Gasteiger partial charge in [-0.1, -0.05) is 24.5 Å². The highest BCUT2D eigenvalue weighted by Crippen LogP contribution is 2.26. The number of carbonyl (C=O) groups is 1. The predicted octanol–water partition coefficient (Wildman–Crippen LogP) is 3.49. The van der Waals surface area contributed by atoms with Crippen molar-refractivity contribution in [2.75, 3.05) is 43.4 Å². The molecule has 0 radical (unpaired) electrons. The second kappa shape index (κ2) is 15.4. The first-order valence-corrected chi connectivity index (χ1v) is 15.7. The average molecular weight is 618 g/mol. The van der Waals surface area contributed by atoms with Crippen LogP contribution in [-0.2, 0) is 17.9 Å². The number of anilines is 2. The fourth-order valence-corrected chi connectivity index (χ4v) is 5.77. The Morgan fingerprint density at radius 2 is 1.77 bits per heavy atom. The molecule has 44 heavy (non-hydrogen) atoms. The number of carbonyl (C=O) groups excluding carboxylic acids is 1. The van der Waals surface area contributed by atoms with Crippen molar-refractivity contribution in [3.63, 3.8) is 0 Å². The van der Waals surface area contributed by atoms with Gasteiger partial charge in [0.2, 0.25) is 5.95 Å². The quantitative estimate of drug-likeness (QED) is 0.199. The van der Waals surface area contributed by atoms with Gasteiger partial charge >= 0.3 is 12.1 Å². The van der Waals surface area contributed by atoms with Gasteiger partial charge in [-0.2, -0.15) is 23.1 Å². The van der Waals surface area contributed by atoms with Crippen molar-refractivity contribution in [3.05, 3.63) is 30.2 Å². The van der Waals surface area contributed by atoms with E-state index in [0.717, 1.165) is 49.6 Å². The summed E-state index contributed by atoms with van der Waals surface area (Å²) in [6.45, 7) is 4.15. The zero-order chi connectivity index (χ0) is 30.8. The van der Waals surface area contributed by atoms with Crippen molar-refractivity contribution >= 4 is 28.7 Å². The van der Waals surface area contributed by atoms with Crippen LogP contribution in [0.15, 0.2) is 24.5 Å². The Kier molecular flexibility index (Phi) is 11.2. The van der Waals surface area contributed by atoms with Crippen LogP contribution in [0.3, 0.4) is 0 Å². The molecule has 3 aromatic heterocycles. The minimum atomic E-state index is -4.86. The molecule has 15 heteroatoms. The van der Waals surface area contributed by atoms with Crippen molar-refractivity contribution in [1.29, 1.82) is 0 Å². The maximum Gasteiger partial charge on any atom is 0.471 e. The number of pyridine rings is 1. The van der Waals surface area contributed by atoms with Crippen LogP contribution in [0.5, 0.6) is 0 Å². The lowest BCUT2D eigenvalue weighted by atomic mass is 9.95. The first-order valence-electron chi connectivity index (χ1n) is 15.7. The van der Waals surface area contributed by atoms with Gasteiger partial charge in [-0.3, -0.25) is 9.48 Å². The Labute approximate surface area is 255 Å². The number of aryl methyl sites for hydroxylation is 1. The summed E-state index contributed by atoms with van der Waals surface area (Å²) in [4.78, 5) is 25.9. The number of aromatic nitrogens is 6. The van der Waals surface area contributed by atoms with Gasteiger partial charge in [-0.05, 0) is 70.3 Å². The normalized spacial score (nSPS) is 16.8. The summed E-state index contributed by atoms with van der Waals surface area (Å²) in [5.41, 5.74) is 1.23. The Morgan fingerprint density at radius 3 is 2.57 bits per heavy atom. The van der Waals surface area contributed by atoms with Gasteiger partial charge in [-0.25, -0.2) is 4.98 Å². The summed E-state index contributed by atoms with van der Waals surface area (Å²) in [7, 11) is 0. The van der Waals surface area contributed by atoms with Gasteiger partial charge in [0.1, 0.15) is 11.5 Å². The minimum absolute atomic E-state index is 0.0198. The summed E-state index contributed by atoms with van der Waals surface area (Å²) in [6, 6.07) is 4.18. The molecule has 0 unspecified atom stereocenters. The molecule has 4 N–H and O–H groups in total. The molecule has 5 rings (SSSR count). The molecule has 4 heterocycles. The molecule has 1 aliphatic carbocycles. The van der Waals surface area contributed by atoms with Crippen LogP contribution in [0, 0.1) is 0 Å². The second-order valence-electron chi connectivity index (χ2n) is 11.6. The molecule has 1 saturated heterocycles. The standard InChI is InChI=1S/C29H42F3N11O/c30-29(31,32)27(44)42-17-10-22(11-18-42)37-26-24-9-4-14-35-25(24)38-28(39-26)36-19-23-20-43(41-40-23)16-6-13-33-12-5-15-34-21-7-2-1-3-8-21/h4,9,14,20-22,33-34H,1-3,5-8,10-13,15-19H2,(H2,35,36,37,38,39). The predicted molar refractivity (Wildman–Crippen MR) is 161 cm³/mol. The Hall–Kier alpha value is -3.59. The summed E-state index contributed by atoms with van der Waals surface area (Å²) >= 11 is 0. The second-order valence-corrected chi connectivity index (χ2v) is 11.6. The number of fused-ring (bicyclic) bond motifs is 1. The molecule has 0 spiro atoms. The molecule has 12 nitrogen and oxygen atoms in total. The molecular weight excluding hydrogens is 575 g/mol. The smallest absolute Gasteiger partial charge is 0.366 e. The van der Waals surface area contributed by atoms with E-state index in [2.05, 4.69) is 46.5 Å². The van der Waals surface area contributed by atoms with Crippen LogP contribution in [0.2, 0.25) is 0 Å². The van der Waals surface area contributed by atoms with E-state index in [1.54, 1.807) is 12.3 Å². The first-order chi connectivity index (χ1) is 21.3. The number of alkyl halides is 3. The van der Waals surface area contributed by atoms with Crippen molar-refractivity contribution in [2.24, 2.45) is 0 Å². The maximum absolute atomic E-state index is 12.8. The van der Waals surface area contributed by atoms with Gasteiger partial charge in [-0.15, -0.1) is 5.10 Å². The topological polar surface area (TPSA) is 138 Å². The van der Waals surface area contributed by atoms with Crippen LogP contribution in [0.1, 0.15) is 63.5 Å². The van der Waals surface area contributed by atoms with Gasteiger partial charge in [0, 0.05) is 37.9 Å². The van der Waals surface area contributed by atoms with Gasteiger partial charge in [0.05, 0.1) is 18.1 Å². The molecular formula is C29H42F3N11O. The SMILES string of the molecule is O=C(N1CCC(Nc2nc(NCc3cn(CCCNCCCNC4CCCCC4)nn3)nc3ncccc23)CC1)C(F)(F)F. The number of rotatable bonds is 14. The lowest BCUT2D eigenvalue weighted by Gasteiger charge is -2.33. The highest BCUT2D eigenvalue weighted by Gasteiger charge is 2.43. The van der Waals surface area contributed by atoms with E-state index in [0.29, 0.717) is 48.2 Å². The number of amides is 1. The molecule has 240 valence electrons. The number of halogens is 3. The molecule has 3 aromatic rings. The Morgan fingerprint density at radius 1 is 0.977 bits per heavy atom. The highest BCUT2D eigenvalue weighted by atomic mass is 19.4. The van der Waals surface area contributed by atoms with Gasteiger partial charge < -0.3 is 26.2 Å². The van der Waals surface area contributed by atoms with E-state index >= 15 is 0 Å². The Bertz CT molecular complexity index is 1340. The third-order valence-electron chi connectivity index (χ3n) is 8.16. The van der Waals surface area contributed by atoms with Crippen LogP contribution < -0.4 is 21.3 Å². The summed E-state index contributed by atoms with van der Waals surface area (Å²) in [6.07, 6.45) is 8.22. The van der Waals surface area contributed by atoms with Crippen molar-refractivity contribution in [1.82, 2.24) is 45.5 Å². The van der Waals surface area contributed by atoms with Gasteiger partial charge in [0.25, 0.3) is 0 Å². The van der Waals surface area contributed by atoms with E-state index in [-0.39, 0.29) is 19.1 Å². The van der Waals surface area contributed by atoms with E-state index in [1.807, 2.05) is 16.9 Å². The van der Waals surface area contributed by atoms with Crippen molar-refractivity contribution < 1.29 is 18.0 Å². The molecule has 1 amide bonds. The zero-order valence-corrected chi connectivity index (χ0v) is 25.0. The number of piperidine rings is 1. The van der Waals surface area contributed by atoms with Crippen molar-refractivity contribution in [2.45, 2.75) is 89.1 Å². The molecule has 2 aliphatic rings. The molecule has 2 fully saturated rings. The van der Waals surface area contributed by atoms with Crippen molar-refractivity contribution in [3.8, 4) is 0 Å². The number of hydrogen-bond acceptors (Lipinski definition) is 10. The van der Waals surface area contributed by atoms with Crippen LogP contribution in [0.4, 0.5) is 24.9 Å².